The molecular formula is C43H46N4O11S. The molecule has 1 unspecified atom stereocenters. The number of nitrogens with one attached hydrogen (secondary N) is 2. The van der Waals surface area contributed by atoms with E-state index in [1.165, 1.54) is 18.7 Å². The number of carbonyl (C=O) groups excluding carboxylic acids is 2. The number of aromatic nitrogens is 1. The van der Waals surface area contributed by atoms with Gasteiger partial charge in [0.05, 0.1) is 49.9 Å². The maximum absolute atomic E-state index is 15.1. The molecule has 16 heteroatoms. The standard InChI is InChI=1S/C43H46N4O11S/c1-17-9-24-28(33(50)34(17)54-6)31-32-38-30-29(37-36(56-16-57-37)18(2)35(30)58-19(3)49)27(46(32)40(51)26-12-42(24,4)47(26)31)14-55-41(52)43(15-59-38)39-23(10-20(13-48)45-43)22-11-21(53-5)7-8-25(22)44-39/h7-9,11,20,26-27,31-32,38,40,44-45,48,50-51H,10,12-16H2,1-6H3/t20-,26-,27+,31-,32?,38-,40+,42-,43-/m1/s1. The zero-order chi connectivity index (χ0) is 41.0. The molecule has 2 bridgehead atoms. The van der Waals surface area contributed by atoms with E-state index in [1.54, 1.807) is 14.2 Å². The van der Waals surface area contributed by atoms with Crippen molar-refractivity contribution in [3.05, 3.63) is 68.9 Å². The van der Waals surface area contributed by atoms with Crippen LogP contribution >= 0.6 is 11.8 Å². The van der Waals surface area contributed by atoms with Crippen molar-refractivity contribution in [3.63, 3.8) is 0 Å². The maximum Gasteiger partial charge on any atom is 0.333 e. The Morgan fingerprint density at radius 1 is 1.07 bits per heavy atom. The SMILES string of the molecule is COc1ccc2[nH]c3c(c2c1)C[C@H](CO)N[C@]31CS[C@@H]2c3c(OC(C)=O)c(C)c4c(c3[C@H](COC1=O)N1C2[C@H]2c3c(cc(C)c(OC)c3O)[C@@]3(C)C[C@H]([C@@H]1O)N23)OCO4. The first-order valence-electron chi connectivity index (χ1n) is 20.0. The van der Waals surface area contributed by atoms with E-state index in [0.29, 0.717) is 64.0 Å². The van der Waals surface area contributed by atoms with Crippen LogP contribution in [-0.2, 0) is 31.8 Å². The highest BCUT2D eigenvalue weighted by Crippen LogP contribution is 2.70. The van der Waals surface area contributed by atoms with Crippen molar-refractivity contribution < 1.29 is 53.3 Å². The van der Waals surface area contributed by atoms with E-state index in [1.807, 2.05) is 36.9 Å². The minimum atomic E-state index is -1.47. The predicted molar refractivity (Wildman–Crippen MR) is 213 cm³/mol. The molecule has 3 aromatic carbocycles. The number of carbonyl (C=O) groups is 2. The van der Waals surface area contributed by atoms with Gasteiger partial charge in [0.2, 0.25) is 6.79 Å². The fraction of sp³-hybridized carbons (Fsp3) is 0.488. The fourth-order valence-corrected chi connectivity index (χ4v) is 13.5. The molecule has 3 fully saturated rings. The van der Waals surface area contributed by atoms with Crippen LogP contribution in [0.1, 0.15) is 82.2 Å². The third-order valence-corrected chi connectivity index (χ3v) is 15.7. The van der Waals surface area contributed by atoms with Crippen molar-refractivity contribution >= 4 is 34.6 Å². The van der Waals surface area contributed by atoms with Gasteiger partial charge in [-0.05, 0) is 74.6 Å². The number of aliphatic hydroxyl groups is 2. The summed E-state index contributed by atoms with van der Waals surface area (Å²) < 4.78 is 36.4. The van der Waals surface area contributed by atoms with Gasteiger partial charge in [0, 0.05) is 63.5 Å². The van der Waals surface area contributed by atoms with Crippen LogP contribution in [-0.4, -0.2) is 106 Å². The Hall–Kier alpha value is -4.71. The molecule has 1 aromatic heterocycles. The predicted octanol–water partition coefficient (Wildman–Crippen LogP) is 4.00. The number of H-pyrrole nitrogens is 1. The van der Waals surface area contributed by atoms with Crippen molar-refractivity contribution in [1.29, 1.82) is 0 Å². The number of benzene rings is 3. The Bertz CT molecular complexity index is 2530. The molecule has 1 spiro atoms. The molecule has 5 N–H and O–H groups in total. The number of aryl methyl sites for hydroxylation is 1. The lowest BCUT2D eigenvalue weighted by Crippen LogP contribution is -2.75. The van der Waals surface area contributed by atoms with Gasteiger partial charge in [0.15, 0.2) is 28.5 Å². The minimum Gasteiger partial charge on any atom is -0.504 e. The third-order valence-electron chi connectivity index (χ3n) is 14.2. The topological polar surface area (TPSA) is 185 Å². The van der Waals surface area contributed by atoms with Crippen LogP contribution in [0.25, 0.3) is 10.9 Å². The summed E-state index contributed by atoms with van der Waals surface area (Å²) in [4.78, 5) is 36.1. The van der Waals surface area contributed by atoms with Crippen LogP contribution in [0.15, 0.2) is 24.3 Å². The number of aliphatic hydroxyl groups excluding tert-OH is 2. The zero-order valence-electron chi connectivity index (χ0n) is 33.5. The molecule has 8 aliphatic heterocycles. The lowest BCUT2D eigenvalue weighted by molar-refractivity contribution is -0.249. The molecule has 0 aliphatic carbocycles. The van der Waals surface area contributed by atoms with Crippen LogP contribution in [0.4, 0.5) is 0 Å². The highest BCUT2D eigenvalue weighted by atomic mass is 32.2. The molecule has 3 saturated heterocycles. The first kappa shape index (κ1) is 37.3. The number of phenols is 1. The normalized spacial score (nSPS) is 32.4. The molecule has 9 atom stereocenters. The molecule has 12 rings (SSSR count). The summed E-state index contributed by atoms with van der Waals surface area (Å²) in [5.74, 6) is 1.36. The average molecular weight is 827 g/mol. The number of hydrogen-bond acceptors (Lipinski definition) is 15. The molecule has 9 heterocycles. The van der Waals surface area contributed by atoms with Crippen molar-refractivity contribution in [2.24, 2.45) is 0 Å². The summed E-state index contributed by atoms with van der Waals surface area (Å²) in [5.41, 5.74) is 4.77. The van der Waals surface area contributed by atoms with Gasteiger partial charge in [-0.15, -0.1) is 11.8 Å². The van der Waals surface area contributed by atoms with Gasteiger partial charge in [-0.25, -0.2) is 4.79 Å². The van der Waals surface area contributed by atoms with Crippen LogP contribution < -0.4 is 29.0 Å². The number of rotatable bonds is 4. The number of esters is 2. The number of fused-ring (bicyclic) bond motifs is 10. The average Bonchev–Trinajstić information content (AvgIpc) is 3.90. The number of ether oxygens (including phenoxy) is 6. The van der Waals surface area contributed by atoms with E-state index in [-0.39, 0.29) is 37.6 Å². The van der Waals surface area contributed by atoms with Crippen LogP contribution in [0.3, 0.4) is 0 Å². The van der Waals surface area contributed by atoms with Crippen molar-refractivity contribution in [3.8, 4) is 34.5 Å². The number of phenolic OH excluding ortho intramolecular Hbond substituents is 1. The van der Waals surface area contributed by atoms with Gasteiger partial charge < -0.3 is 48.7 Å². The number of nitrogens with zero attached hydrogens (tertiary/aromatic N) is 2. The first-order chi connectivity index (χ1) is 28.4. The van der Waals surface area contributed by atoms with E-state index in [2.05, 4.69) is 28.2 Å². The van der Waals surface area contributed by atoms with Gasteiger partial charge in [0.1, 0.15) is 24.3 Å². The second-order valence-electron chi connectivity index (χ2n) is 17.1. The van der Waals surface area contributed by atoms with E-state index in [4.69, 9.17) is 28.4 Å². The minimum absolute atomic E-state index is 0.0549. The molecule has 8 aliphatic rings. The Morgan fingerprint density at radius 2 is 1.86 bits per heavy atom. The number of aromatic amines is 1. The lowest BCUT2D eigenvalue weighted by Gasteiger charge is -2.67. The Labute approximate surface area is 343 Å². The van der Waals surface area contributed by atoms with Crippen LogP contribution in [0.2, 0.25) is 0 Å². The highest BCUT2D eigenvalue weighted by Gasteiger charge is 2.71. The Kier molecular flexibility index (Phi) is 8.00. The van der Waals surface area contributed by atoms with E-state index < -0.39 is 58.7 Å². The van der Waals surface area contributed by atoms with Crippen LogP contribution in [0, 0.1) is 13.8 Å². The van der Waals surface area contributed by atoms with Gasteiger partial charge in [0.25, 0.3) is 0 Å². The quantitative estimate of drug-likeness (QED) is 0.147. The molecule has 0 saturated carbocycles. The van der Waals surface area contributed by atoms with Gasteiger partial charge >= 0.3 is 11.9 Å². The Morgan fingerprint density at radius 3 is 2.61 bits per heavy atom. The maximum atomic E-state index is 15.1. The summed E-state index contributed by atoms with van der Waals surface area (Å²) in [7, 11) is 3.16. The zero-order valence-corrected chi connectivity index (χ0v) is 34.3. The number of hydrogen-bond donors (Lipinski definition) is 5. The molecule has 0 radical (unpaired) electrons. The number of methoxy groups -OCH3 is 2. The van der Waals surface area contributed by atoms with Gasteiger partial charge in [-0.3, -0.25) is 19.9 Å². The number of piperazine rings is 1. The summed E-state index contributed by atoms with van der Waals surface area (Å²) in [5, 5.41) is 39.5. The molecule has 15 nitrogen and oxygen atoms in total. The van der Waals surface area contributed by atoms with E-state index in [9.17, 15) is 20.1 Å². The van der Waals surface area contributed by atoms with Gasteiger partial charge in [-0.2, -0.15) is 0 Å². The second kappa shape index (κ2) is 12.7. The van der Waals surface area contributed by atoms with E-state index >= 15 is 4.79 Å². The number of thioether (sulfide) groups is 1. The van der Waals surface area contributed by atoms with Crippen LogP contribution in [0.5, 0.6) is 34.5 Å². The molecule has 4 aromatic rings. The molecular weight excluding hydrogens is 781 g/mol. The molecule has 310 valence electrons. The van der Waals surface area contributed by atoms with Crippen molar-refractivity contribution in [2.45, 2.75) is 93.3 Å². The monoisotopic (exact) mass is 826 g/mol. The summed E-state index contributed by atoms with van der Waals surface area (Å²) in [6.07, 6.45) is 0.0522. The third kappa shape index (κ3) is 4.67. The molecule has 59 heavy (non-hydrogen) atoms. The Balaban J connectivity index is 1.17. The van der Waals surface area contributed by atoms with E-state index in [0.717, 1.165) is 33.2 Å². The first-order valence-corrected chi connectivity index (χ1v) is 21.1. The largest absolute Gasteiger partial charge is 0.504 e. The summed E-state index contributed by atoms with van der Waals surface area (Å²) in [6, 6.07) is 5.15. The van der Waals surface area contributed by atoms with Gasteiger partial charge in [-0.1, -0.05) is 0 Å². The van der Waals surface area contributed by atoms with Crippen molar-refractivity contribution in [1.82, 2.24) is 20.1 Å². The molecule has 0 amide bonds. The number of aromatic hydroxyl groups is 1. The van der Waals surface area contributed by atoms with Crippen molar-refractivity contribution in [2.75, 3.05) is 40.0 Å². The fourth-order valence-electron chi connectivity index (χ4n) is 11.9. The summed E-state index contributed by atoms with van der Waals surface area (Å²) in [6.45, 7) is 6.77. The smallest absolute Gasteiger partial charge is 0.333 e. The lowest BCUT2D eigenvalue weighted by atomic mass is 9.72. The second-order valence-corrected chi connectivity index (χ2v) is 18.2. The highest BCUT2D eigenvalue weighted by molar-refractivity contribution is 7.99. The summed E-state index contributed by atoms with van der Waals surface area (Å²) >= 11 is 1.47.